The van der Waals surface area contributed by atoms with Gasteiger partial charge in [-0.3, -0.25) is 4.79 Å². The van der Waals surface area contributed by atoms with Crippen molar-refractivity contribution in [1.82, 2.24) is 5.32 Å². The third-order valence-corrected chi connectivity index (χ3v) is 5.26. The van der Waals surface area contributed by atoms with Crippen molar-refractivity contribution >= 4 is 27.9 Å². The van der Waals surface area contributed by atoms with Crippen LogP contribution in [0.5, 0.6) is 11.5 Å². The maximum atomic E-state index is 12.5. The zero-order valence-corrected chi connectivity index (χ0v) is 19.9. The average molecular weight is 485 g/mol. The molecular formula is C25H29BrN2O3. The molecule has 5 nitrogen and oxygen atoms in total. The summed E-state index contributed by atoms with van der Waals surface area (Å²) in [5.74, 6) is 0.811. The molecule has 0 bridgehead atoms. The van der Waals surface area contributed by atoms with E-state index < -0.39 is 0 Å². The molecule has 1 amide bonds. The van der Waals surface area contributed by atoms with Crippen LogP contribution in [0.15, 0.2) is 52.5 Å². The zero-order valence-electron chi connectivity index (χ0n) is 18.3. The highest BCUT2D eigenvalue weighted by atomic mass is 79.9. The van der Waals surface area contributed by atoms with E-state index in [-0.39, 0.29) is 17.6 Å². The molecule has 1 atom stereocenters. The summed E-state index contributed by atoms with van der Waals surface area (Å²) in [6.07, 6.45) is 4.13. The number of carbonyl (C=O) groups is 1. The normalized spacial score (nSPS) is 12.0. The van der Waals surface area contributed by atoms with E-state index in [0.717, 1.165) is 19.3 Å². The maximum absolute atomic E-state index is 12.5. The van der Waals surface area contributed by atoms with Crippen LogP contribution in [0.2, 0.25) is 0 Å². The smallest absolute Gasteiger partial charge is 0.261 e. The Bertz CT molecular complexity index is 936. The monoisotopic (exact) mass is 484 g/mol. The van der Waals surface area contributed by atoms with Crippen LogP contribution in [-0.2, 0) is 11.2 Å². The molecule has 0 aromatic heterocycles. The molecule has 6 heteroatoms. The van der Waals surface area contributed by atoms with Gasteiger partial charge in [0, 0.05) is 6.54 Å². The van der Waals surface area contributed by atoms with Gasteiger partial charge in [-0.05, 0) is 78.4 Å². The Morgan fingerprint density at radius 2 is 2.00 bits per heavy atom. The van der Waals surface area contributed by atoms with Gasteiger partial charge in [-0.25, -0.2) is 0 Å². The Balaban J connectivity index is 2.09. The predicted molar refractivity (Wildman–Crippen MR) is 127 cm³/mol. The molecule has 0 spiro atoms. The predicted octanol–water partition coefficient (Wildman–Crippen LogP) is 5.68. The molecule has 0 aliphatic heterocycles. The van der Waals surface area contributed by atoms with Crippen molar-refractivity contribution in [2.75, 3.05) is 13.2 Å². The first-order chi connectivity index (χ1) is 15.0. The number of nitrogens with one attached hydrogen (secondary N) is 1. The van der Waals surface area contributed by atoms with Crippen LogP contribution in [0.25, 0.3) is 6.08 Å². The standard InChI is InChI=1S/C25H29BrN2O3/c1-4-18(3)31-24-22(26)15-20(16-23(24)30-5-2)14-21(17-27)25(29)28-13-9-12-19-10-7-6-8-11-19/h6-8,10-11,14-16,18H,4-5,9,12-13H2,1-3H3,(H,28,29)/b21-14-/t18-/m1/s1. The summed E-state index contributed by atoms with van der Waals surface area (Å²) in [6.45, 7) is 6.92. The van der Waals surface area contributed by atoms with E-state index in [1.807, 2.05) is 51.1 Å². The largest absolute Gasteiger partial charge is 0.490 e. The number of halogens is 1. The summed E-state index contributed by atoms with van der Waals surface area (Å²) in [4.78, 5) is 12.5. The second kappa shape index (κ2) is 12.8. The Hall–Kier alpha value is -2.78. The maximum Gasteiger partial charge on any atom is 0.261 e. The molecule has 0 radical (unpaired) electrons. The first kappa shape index (κ1) is 24.5. The van der Waals surface area contributed by atoms with E-state index in [1.54, 1.807) is 12.1 Å². The van der Waals surface area contributed by atoms with Crippen LogP contribution in [0, 0.1) is 11.3 Å². The van der Waals surface area contributed by atoms with Crippen molar-refractivity contribution in [3.05, 3.63) is 63.6 Å². The van der Waals surface area contributed by atoms with E-state index >= 15 is 0 Å². The summed E-state index contributed by atoms with van der Waals surface area (Å²) in [6, 6.07) is 15.7. The van der Waals surface area contributed by atoms with Crippen LogP contribution in [-0.4, -0.2) is 25.2 Å². The lowest BCUT2D eigenvalue weighted by Crippen LogP contribution is -2.25. The molecule has 31 heavy (non-hydrogen) atoms. The first-order valence-corrected chi connectivity index (χ1v) is 11.3. The van der Waals surface area contributed by atoms with Gasteiger partial charge in [0.25, 0.3) is 5.91 Å². The molecule has 1 N–H and O–H groups in total. The number of nitriles is 1. The molecule has 0 fully saturated rings. The van der Waals surface area contributed by atoms with Gasteiger partial charge in [0.2, 0.25) is 0 Å². The molecule has 0 aliphatic rings. The molecule has 2 aromatic rings. The van der Waals surface area contributed by atoms with E-state index in [1.165, 1.54) is 5.56 Å². The highest BCUT2D eigenvalue weighted by Crippen LogP contribution is 2.38. The number of rotatable bonds is 11. The molecule has 0 heterocycles. The van der Waals surface area contributed by atoms with Crippen molar-refractivity contribution in [3.63, 3.8) is 0 Å². The van der Waals surface area contributed by atoms with Crippen LogP contribution in [0.4, 0.5) is 0 Å². The topological polar surface area (TPSA) is 71.3 Å². The van der Waals surface area contributed by atoms with E-state index in [4.69, 9.17) is 9.47 Å². The van der Waals surface area contributed by atoms with Gasteiger partial charge in [0.1, 0.15) is 11.6 Å². The average Bonchev–Trinajstić information content (AvgIpc) is 2.77. The summed E-state index contributed by atoms with van der Waals surface area (Å²) in [5, 5.41) is 12.3. The Morgan fingerprint density at radius 1 is 1.26 bits per heavy atom. The lowest BCUT2D eigenvalue weighted by atomic mass is 10.1. The van der Waals surface area contributed by atoms with Gasteiger partial charge in [0.05, 0.1) is 17.2 Å². The van der Waals surface area contributed by atoms with E-state index in [9.17, 15) is 10.1 Å². The van der Waals surface area contributed by atoms with Crippen LogP contribution in [0.1, 0.15) is 44.7 Å². The van der Waals surface area contributed by atoms with Gasteiger partial charge in [0.15, 0.2) is 11.5 Å². The number of amides is 1. The summed E-state index contributed by atoms with van der Waals surface area (Å²) in [7, 11) is 0. The van der Waals surface area contributed by atoms with Crippen molar-refractivity contribution < 1.29 is 14.3 Å². The third-order valence-electron chi connectivity index (χ3n) is 4.67. The lowest BCUT2D eigenvalue weighted by molar-refractivity contribution is -0.117. The SMILES string of the molecule is CCOc1cc(/C=C(/C#N)C(=O)NCCCc2ccccc2)cc(Br)c1O[C@H](C)CC. The van der Waals surface area contributed by atoms with Gasteiger partial charge >= 0.3 is 0 Å². The summed E-state index contributed by atoms with van der Waals surface area (Å²) in [5.41, 5.74) is 1.95. The first-order valence-electron chi connectivity index (χ1n) is 10.5. The summed E-state index contributed by atoms with van der Waals surface area (Å²) >= 11 is 3.53. The Labute approximate surface area is 193 Å². The number of benzene rings is 2. The minimum atomic E-state index is -0.385. The van der Waals surface area contributed by atoms with Crippen LogP contribution in [0.3, 0.4) is 0 Å². The van der Waals surface area contributed by atoms with Gasteiger partial charge < -0.3 is 14.8 Å². The zero-order chi connectivity index (χ0) is 22.6. The highest BCUT2D eigenvalue weighted by molar-refractivity contribution is 9.10. The van der Waals surface area contributed by atoms with Crippen molar-refractivity contribution in [2.45, 2.75) is 46.1 Å². The fraction of sp³-hybridized carbons (Fsp3) is 0.360. The van der Waals surface area contributed by atoms with Crippen molar-refractivity contribution in [2.24, 2.45) is 0 Å². The quantitative estimate of drug-likeness (QED) is 0.253. The number of carbonyl (C=O) groups excluding carboxylic acids is 1. The molecule has 2 rings (SSSR count). The van der Waals surface area contributed by atoms with Crippen molar-refractivity contribution in [3.8, 4) is 17.6 Å². The van der Waals surface area contributed by atoms with E-state index in [0.29, 0.717) is 34.7 Å². The number of nitrogens with zero attached hydrogens (tertiary/aromatic N) is 1. The van der Waals surface area contributed by atoms with Crippen LogP contribution < -0.4 is 14.8 Å². The molecule has 0 saturated heterocycles. The van der Waals surface area contributed by atoms with E-state index in [2.05, 4.69) is 33.4 Å². The number of hydrogen-bond donors (Lipinski definition) is 1. The highest BCUT2D eigenvalue weighted by Gasteiger charge is 2.15. The molecule has 0 unspecified atom stereocenters. The van der Waals surface area contributed by atoms with Crippen LogP contribution >= 0.6 is 15.9 Å². The minimum absolute atomic E-state index is 0.0354. The number of ether oxygens (including phenoxy) is 2. The fourth-order valence-electron chi connectivity index (χ4n) is 2.88. The second-order valence-electron chi connectivity index (χ2n) is 7.11. The van der Waals surface area contributed by atoms with Gasteiger partial charge in [-0.15, -0.1) is 0 Å². The lowest BCUT2D eigenvalue weighted by Gasteiger charge is -2.18. The number of aryl methyl sites for hydroxylation is 1. The summed E-state index contributed by atoms with van der Waals surface area (Å²) < 4.78 is 12.4. The van der Waals surface area contributed by atoms with Gasteiger partial charge in [-0.1, -0.05) is 37.3 Å². The number of hydrogen-bond acceptors (Lipinski definition) is 4. The second-order valence-corrected chi connectivity index (χ2v) is 7.97. The fourth-order valence-corrected chi connectivity index (χ4v) is 3.44. The molecular weight excluding hydrogens is 456 g/mol. The molecule has 0 saturated carbocycles. The van der Waals surface area contributed by atoms with Gasteiger partial charge in [-0.2, -0.15) is 5.26 Å². The Morgan fingerprint density at radius 3 is 2.65 bits per heavy atom. The minimum Gasteiger partial charge on any atom is -0.490 e. The molecule has 164 valence electrons. The molecule has 2 aromatic carbocycles. The molecule has 0 aliphatic carbocycles. The van der Waals surface area contributed by atoms with Crippen molar-refractivity contribution in [1.29, 1.82) is 5.26 Å². The third kappa shape index (κ3) is 7.76. The Kier molecular flexibility index (Phi) is 10.1.